The van der Waals surface area contributed by atoms with Crippen LogP contribution in [-0.4, -0.2) is 35.3 Å². The molecule has 2 saturated heterocycles. The van der Waals surface area contributed by atoms with Crippen molar-refractivity contribution in [2.24, 2.45) is 10.8 Å². The van der Waals surface area contributed by atoms with E-state index in [2.05, 4.69) is 18.7 Å². The summed E-state index contributed by atoms with van der Waals surface area (Å²) in [5.74, 6) is 0. The minimum absolute atomic E-state index is 0.116. The average molecular weight is 240 g/mol. The van der Waals surface area contributed by atoms with Crippen LogP contribution in [0.5, 0.6) is 0 Å². The molecule has 4 heteroatoms. The van der Waals surface area contributed by atoms with Crippen molar-refractivity contribution in [2.75, 3.05) is 13.1 Å². The normalized spacial score (nSPS) is 46.6. The SMILES string of the molecule is CC1(C)CCC[C@@]12CCN1CC[C@@H]([NH+]([O-])O)[C@@H]12. The molecule has 3 fully saturated rings. The maximum absolute atomic E-state index is 11.5. The second-order valence-corrected chi connectivity index (χ2v) is 6.86. The van der Waals surface area contributed by atoms with Gasteiger partial charge in [0.25, 0.3) is 0 Å². The lowest BCUT2D eigenvalue weighted by molar-refractivity contribution is -1.07. The summed E-state index contributed by atoms with van der Waals surface area (Å²) in [4.78, 5) is 2.46. The fourth-order valence-electron chi connectivity index (χ4n) is 5.04. The van der Waals surface area contributed by atoms with Crippen LogP contribution in [0.3, 0.4) is 0 Å². The molecule has 2 aliphatic heterocycles. The van der Waals surface area contributed by atoms with Crippen molar-refractivity contribution < 1.29 is 10.4 Å². The molecule has 0 radical (unpaired) electrons. The summed E-state index contributed by atoms with van der Waals surface area (Å²) < 4.78 is 0. The van der Waals surface area contributed by atoms with E-state index < -0.39 is 5.23 Å². The lowest BCUT2D eigenvalue weighted by Crippen LogP contribution is -3.10. The molecule has 0 aromatic rings. The van der Waals surface area contributed by atoms with Crippen molar-refractivity contribution in [1.82, 2.24) is 4.90 Å². The Hall–Kier alpha value is -0.160. The molecule has 2 heterocycles. The van der Waals surface area contributed by atoms with Gasteiger partial charge in [-0.1, -0.05) is 20.3 Å². The van der Waals surface area contributed by atoms with Gasteiger partial charge in [-0.15, -0.1) is 0 Å². The van der Waals surface area contributed by atoms with E-state index >= 15 is 0 Å². The van der Waals surface area contributed by atoms with Crippen molar-refractivity contribution in [1.29, 1.82) is 0 Å². The van der Waals surface area contributed by atoms with Crippen LogP contribution in [0.15, 0.2) is 0 Å². The number of hydrogen-bond acceptors (Lipinski definition) is 3. The van der Waals surface area contributed by atoms with Gasteiger partial charge in [-0.3, -0.25) is 4.90 Å². The highest BCUT2D eigenvalue weighted by molar-refractivity contribution is 5.13. The molecule has 1 unspecified atom stereocenters. The summed E-state index contributed by atoms with van der Waals surface area (Å²) in [7, 11) is 0. The van der Waals surface area contributed by atoms with E-state index in [0.29, 0.717) is 11.5 Å². The Kier molecular flexibility index (Phi) is 2.57. The van der Waals surface area contributed by atoms with Crippen molar-refractivity contribution in [3.8, 4) is 0 Å². The minimum Gasteiger partial charge on any atom is -0.600 e. The number of hydrogen-bond donors (Lipinski definition) is 2. The van der Waals surface area contributed by atoms with Crippen LogP contribution in [0.25, 0.3) is 0 Å². The number of nitrogens with one attached hydrogen (secondary N) is 1. The van der Waals surface area contributed by atoms with Gasteiger partial charge in [-0.25, -0.2) is 10.4 Å². The van der Waals surface area contributed by atoms with Crippen LogP contribution < -0.4 is 5.23 Å². The lowest BCUT2D eigenvalue weighted by Gasteiger charge is -2.45. The number of nitrogens with zero attached hydrogens (tertiary/aromatic N) is 1. The highest BCUT2D eigenvalue weighted by Crippen LogP contribution is 2.61. The highest BCUT2D eigenvalue weighted by Gasteiger charge is 2.63. The van der Waals surface area contributed by atoms with Gasteiger partial charge in [0.15, 0.2) is 0 Å². The quantitative estimate of drug-likeness (QED) is 0.667. The zero-order valence-electron chi connectivity index (χ0n) is 10.9. The van der Waals surface area contributed by atoms with Crippen molar-refractivity contribution >= 4 is 0 Å². The molecule has 0 aromatic heterocycles. The van der Waals surface area contributed by atoms with E-state index in [0.717, 1.165) is 19.5 Å². The van der Waals surface area contributed by atoms with Gasteiger partial charge in [-0.05, 0) is 36.6 Å². The molecule has 4 nitrogen and oxygen atoms in total. The van der Waals surface area contributed by atoms with E-state index in [-0.39, 0.29) is 11.5 Å². The molecule has 3 rings (SSSR count). The van der Waals surface area contributed by atoms with Gasteiger partial charge >= 0.3 is 0 Å². The number of hydroxylamine groups is 2. The number of quaternary nitrogens is 1. The van der Waals surface area contributed by atoms with Gasteiger partial charge < -0.3 is 5.21 Å². The molecule has 0 amide bonds. The van der Waals surface area contributed by atoms with Crippen LogP contribution in [0.1, 0.15) is 46.0 Å². The first-order valence-corrected chi connectivity index (χ1v) is 6.95. The van der Waals surface area contributed by atoms with Crippen LogP contribution in [0.2, 0.25) is 0 Å². The van der Waals surface area contributed by atoms with E-state index in [4.69, 9.17) is 0 Å². The minimum atomic E-state index is -0.568. The van der Waals surface area contributed by atoms with Crippen LogP contribution in [-0.2, 0) is 0 Å². The Balaban J connectivity index is 1.96. The van der Waals surface area contributed by atoms with Crippen molar-refractivity contribution in [3.05, 3.63) is 5.21 Å². The zero-order valence-corrected chi connectivity index (χ0v) is 10.9. The molecular weight excluding hydrogens is 216 g/mol. The summed E-state index contributed by atoms with van der Waals surface area (Å²) in [5.41, 5.74) is 0.608. The molecule has 2 N–H and O–H groups in total. The Morgan fingerprint density at radius 3 is 2.59 bits per heavy atom. The Morgan fingerprint density at radius 1 is 1.24 bits per heavy atom. The third-order valence-electron chi connectivity index (χ3n) is 6.00. The molecule has 4 atom stereocenters. The lowest BCUT2D eigenvalue weighted by atomic mass is 9.62. The van der Waals surface area contributed by atoms with Crippen molar-refractivity contribution in [3.63, 3.8) is 0 Å². The molecule has 0 bridgehead atoms. The molecule has 1 aliphatic carbocycles. The standard InChI is InChI=1S/C13H24N2O2/c1-12(2)5-3-6-13(12)7-9-14-8-4-10(11(13)14)15(16)17/h10-11,15-16H,3-9H2,1-2H3/t10-,11-,13+/m1/s1. The predicted octanol–water partition coefficient (Wildman–Crippen LogP) is 0.801. The van der Waals surface area contributed by atoms with E-state index in [9.17, 15) is 10.4 Å². The Bertz CT molecular complexity index is 319. The smallest absolute Gasteiger partial charge is 0.134 e. The predicted molar refractivity (Wildman–Crippen MR) is 64.6 cm³/mol. The maximum atomic E-state index is 11.5. The van der Waals surface area contributed by atoms with Gasteiger partial charge in [0, 0.05) is 13.0 Å². The third kappa shape index (κ3) is 1.44. The van der Waals surface area contributed by atoms with Gasteiger partial charge in [-0.2, -0.15) is 0 Å². The van der Waals surface area contributed by atoms with Gasteiger partial charge in [0.2, 0.25) is 0 Å². The summed E-state index contributed by atoms with van der Waals surface area (Å²) in [5, 5.41) is 20.3. The second-order valence-electron chi connectivity index (χ2n) is 6.86. The summed E-state index contributed by atoms with van der Waals surface area (Å²) in [6, 6.07) is 0.201. The van der Waals surface area contributed by atoms with E-state index in [1.54, 1.807) is 0 Å². The third-order valence-corrected chi connectivity index (χ3v) is 6.00. The Labute approximate surface area is 103 Å². The topological polar surface area (TPSA) is 51.0 Å². The van der Waals surface area contributed by atoms with Crippen molar-refractivity contribution in [2.45, 2.75) is 58.0 Å². The molecule has 98 valence electrons. The maximum Gasteiger partial charge on any atom is 0.134 e. The summed E-state index contributed by atoms with van der Waals surface area (Å²) >= 11 is 0. The average Bonchev–Trinajstić information content (AvgIpc) is 2.84. The monoisotopic (exact) mass is 240 g/mol. The molecule has 17 heavy (non-hydrogen) atoms. The number of fused-ring (bicyclic) bond motifs is 2. The molecule has 3 aliphatic rings. The Morgan fingerprint density at radius 2 is 2.00 bits per heavy atom. The van der Waals surface area contributed by atoms with Gasteiger partial charge in [0.1, 0.15) is 6.04 Å². The van der Waals surface area contributed by atoms with Crippen LogP contribution >= 0.6 is 0 Å². The first kappa shape index (κ1) is 11.9. The number of rotatable bonds is 1. The first-order chi connectivity index (χ1) is 7.98. The first-order valence-electron chi connectivity index (χ1n) is 6.95. The molecular formula is C13H24N2O2. The van der Waals surface area contributed by atoms with Gasteiger partial charge in [0.05, 0.1) is 6.04 Å². The molecule has 0 aromatic carbocycles. The fourth-order valence-corrected chi connectivity index (χ4v) is 5.04. The summed E-state index contributed by atoms with van der Waals surface area (Å²) in [6.45, 7) is 6.85. The second kappa shape index (κ2) is 3.67. The van der Waals surface area contributed by atoms with E-state index in [1.165, 1.54) is 25.7 Å². The van der Waals surface area contributed by atoms with E-state index in [1.807, 2.05) is 0 Å². The fraction of sp³-hybridized carbons (Fsp3) is 1.00. The zero-order chi connectivity index (χ0) is 12.3. The summed E-state index contributed by atoms with van der Waals surface area (Å²) in [6.07, 6.45) is 5.87. The largest absolute Gasteiger partial charge is 0.600 e. The molecule has 1 saturated carbocycles. The van der Waals surface area contributed by atoms with Crippen LogP contribution in [0.4, 0.5) is 0 Å². The molecule has 1 spiro atoms. The highest BCUT2D eigenvalue weighted by atomic mass is 16.8. The van der Waals surface area contributed by atoms with Crippen LogP contribution in [0, 0.1) is 16.0 Å².